The molecule has 0 aliphatic carbocycles. The monoisotopic (exact) mass is 433 g/mol. The normalized spacial score (nSPS) is 20.0. The molecule has 0 saturated carbocycles. The van der Waals surface area contributed by atoms with E-state index in [0.717, 1.165) is 0 Å². The number of carbonyl (C=O) groups excluding carboxylic acids is 2. The van der Waals surface area contributed by atoms with Gasteiger partial charge in [-0.2, -0.15) is 0 Å². The number of rotatable bonds is 5. The molecule has 26 heavy (non-hydrogen) atoms. The van der Waals surface area contributed by atoms with Gasteiger partial charge in [0.15, 0.2) is 11.4 Å². The second-order valence-electron chi connectivity index (χ2n) is 6.23. The van der Waals surface area contributed by atoms with Gasteiger partial charge < -0.3 is 10.0 Å². The fraction of sp³-hybridized carbons (Fsp3) is 0.200. The highest BCUT2D eigenvalue weighted by Crippen LogP contribution is 2.46. The first kappa shape index (κ1) is 18.8. The van der Waals surface area contributed by atoms with E-state index in [-0.39, 0.29) is 12.3 Å². The van der Waals surface area contributed by atoms with Crippen molar-refractivity contribution < 1.29 is 14.7 Å². The summed E-state index contributed by atoms with van der Waals surface area (Å²) in [6, 6.07) is 11.6. The standard InChI is InChI=1S/C20H17BrClNO3/c1-3-10-23-17-9-6-14(21)11-16(17)20(26,19(23)25)12(2)18(24)13-4-7-15(22)8-5-13/h3-9,11-12,26H,1,10H2,2H3/t12-,20+/m1/s1. The molecule has 1 aliphatic heterocycles. The number of fused-ring (bicyclic) bond motifs is 1. The quantitative estimate of drug-likeness (QED) is 0.562. The average molecular weight is 435 g/mol. The molecular weight excluding hydrogens is 418 g/mol. The van der Waals surface area contributed by atoms with E-state index in [2.05, 4.69) is 22.5 Å². The molecule has 2 atom stereocenters. The van der Waals surface area contributed by atoms with Crippen LogP contribution in [0.15, 0.2) is 59.6 Å². The Hall–Kier alpha value is -1.95. The summed E-state index contributed by atoms with van der Waals surface area (Å²) < 4.78 is 0.717. The van der Waals surface area contributed by atoms with Crippen molar-refractivity contribution in [2.75, 3.05) is 11.4 Å². The predicted octanol–water partition coefficient (Wildman–Crippen LogP) is 4.34. The van der Waals surface area contributed by atoms with E-state index >= 15 is 0 Å². The first-order chi connectivity index (χ1) is 12.3. The number of benzene rings is 2. The van der Waals surface area contributed by atoms with Crippen molar-refractivity contribution in [2.45, 2.75) is 12.5 Å². The summed E-state index contributed by atoms with van der Waals surface area (Å²) in [4.78, 5) is 27.4. The smallest absolute Gasteiger partial charge is 0.264 e. The Morgan fingerprint density at radius 3 is 2.62 bits per heavy atom. The fourth-order valence-electron chi connectivity index (χ4n) is 3.26. The van der Waals surface area contributed by atoms with Crippen molar-refractivity contribution in [1.29, 1.82) is 0 Å². The minimum atomic E-state index is -1.95. The highest BCUT2D eigenvalue weighted by molar-refractivity contribution is 9.10. The number of amides is 1. The minimum Gasteiger partial charge on any atom is -0.375 e. The predicted molar refractivity (Wildman–Crippen MR) is 106 cm³/mol. The maximum Gasteiger partial charge on any atom is 0.264 e. The highest BCUT2D eigenvalue weighted by atomic mass is 79.9. The number of carbonyl (C=O) groups is 2. The van der Waals surface area contributed by atoms with Crippen molar-refractivity contribution in [3.63, 3.8) is 0 Å². The average Bonchev–Trinajstić information content (AvgIpc) is 2.84. The van der Waals surface area contributed by atoms with Crippen molar-refractivity contribution in [1.82, 2.24) is 0 Å². The lowest BCUT2D eigenvalue weighted by molar-refractivity contribution is -0.139. The topological polar surface area (TPSA) is 57.6 Å². The van der Waals surface area contributed by atoms with Gasteiger partial charge in [-0.3, -0.25) is 9.59 Å². The lowest BCUT2D eigenvalue weighted by atomic mass is 9.79. The second-order valence-corrected chi connectivity index (χ2v) is 7.58. The molecule has 3 rings (SSSR count). The summed E-state index contributed by atoms with van der Waals surface area (Å²) in [7, 11) is 0. The van der Waals surface area contributed by atoms with Gasteiger partial charge in [-0.25, -0.2) is 0 Å². The van der Waals surface area contributed by atoms with E-state index in [4.69, 9.17) is 11.6 Å². The van der Waals surface area contributed by atoms with Crippen LogP contribution in [0.1, 0.15) is 22.8 Å². The van der Waals surface area contributed by atoms with E-state index < -0.39 is 17.4 Å². The summed E-state index contributed by atoms with van der Waals surface area (Å²) in [5, 5.41) is 11.9. The third kappa shape index (κ3) is 2.90. The number of Topliss-reactive ketones (excluding diaryl/α,β-unsaturated/α-hetero) is 1. The van der Waals surface area contributed by atoms with E-state index in [0.29, 0.717) is 26.3 Å². The highest BCUT2D eigenvalue weighted by Gasteiger charge is 2.55. The van der Waals surface area contributed by atoms with Crippen molar-refractivity contribution >= 4 is 44.9 Å². The molecule has 0 saturated heterocycles. The number of anilines is 1. The molecule has 1 N–H and O–H groups in total. The molecule has 0 fully saturated rings. The lowest BCUT2D eigenvalue weighted by Gasteiger charge is -2.28. The molecule has 0 bridgehead atoms. The molecule has 0 aromatic heterocycles. The molecular formula is C20H17BrClNO3. The van der Waals surface area contributed by atoms with E-state index in [1.807, 2.05) is 0 Å². The first-order valence-electron chi connectivity index (χ1n) is 8.05. The zero-order valence-electron chi connectivity index (χ0n) is 14.1. The van der Waals surface area contributed by atoms with Gasteiger partial charge in [0.25, 0.3) is 5.91 Å². The van der Waals surface area contributed by atoms with Crippen LogP contribution in [0.25, 0.3) is 0 Å². The summed E-state index contributed by atoms with van der Waals surface area (Å²) in [6.07, 6.45) is 1.58. The Morgan fingerprint density at radius 2 is 2.00 bits per heavy atom. The molecule has 0 unspecified atom stereocenters. The van der Waals surface area contributed by atoms with Gasteiger partial charge in [0.2, 0.25) is 0 Å². The van der Waals surface area contributed by atoms with Crippen LogP contribution in [-0.2, 0) is 10.4 Å². The van der Waals surface area contributed by atoms with Crippen LogP contribution in [0, 0.1) is 5.92 Å². The second kappa shape index (κ2) is 6.99. The first-order valence-corrected chi connectivity index (χ1v) is 9.22. The summed E-state index contributed by atoms with van der Waals surface area (Å²) in [5.74, 6) is -1.83. The molecule has 1 aliphatic rings. The molecule has 4 nitrogen and oxygen atoms in total. The molecule has 0 spiro atoms. The van der Waals surface area contributed by atoms with Crippen molar-refractivity contribution in [3.8, 4) is 0 Å². The van der Waals surface area contributed by atoms with Crippen molar-refractivity contribution in [3.05, 3.63) is 75.7 Å². The Kier molecular flexibility index (Phi) is 5.06. The Labute approximate surface area is 165 Å². The van der Waals surface area contributed by atoms with Gasteiger partial charge in [0, 0.05) is 27.2 Å². The lowest BCUT2D eigenvalue weighted by Crippen LogP contribution is -2.47. The molecule has 134 valence electrons. The van der Waals surface area contributed by atoms with Gasteiger partial charge in [0.1, 0.15) is 0 Å². The molecule has 6 heteroatoms. The summed E-state index contributed by atoms with van der Waals surface area (Å²) in [5.41, 5.74) is -0.564. The zero-order valence-corrected chi connectivity index (χ0v) is 16.4. The van der Waals surface area contributed by atoms with Crippen LogP contribution in [0.2, 0.25) is 5.02 Å². The number of nitrogens with zero attached hydrogens (tertiary/aromatic N) is 1. The Balaban J connectivity index is 2.08. The summed E-state index contributed by atoms with van der Waals surface area (Å²) >= 11 is 9.25. The Bertz CT molecular complexity index is 896. The SMILES string of the molecule is C=CCN1C(=O)[C@](O)([C@H](C)C(=O)c2ccc(Cl)cc2)c2cc(Br)ccc21. The van der Waals surface area contributed by atoms with Gasteiger partial charge >= 0.3 is 0 Å². The van der Waals surface area contributed by atoms with Gasteiger partial charge in [-0.15, -0.1) is 6.58 Å². The van der Waals surface area contributed by atoms with Crippen molar-refractivity contribution in [2.24, 2.45) is 5.92 Å². The molecule has 2 aromatic carbocycles. The maximum atomic E-state index is 13.1. The number of aliphatic hydroxyl groups is 1. The van der Waals surface area contributed by atoms with Crippen LogP contribution in [0.4, 0.5) is 5.69 Å². The molecule has 1 amide bonds. The third-order valence-corrected chi connectivity index (χ3v) is 5.44. The summed E-state index contributed by atoms with van der Waals surface area (Å²) in [6.45, 7) is 5.48. The number of hydrogen-bond donors (Lipinski definition) is 1. The maximum absolute atomic E-state index is 13.1. The largest absolute Gasteiger partial charge is 0.375 e. The van der Waals surface area contributed by atoms with Crippen LogP contribution >= 0.6 is 27.5 Å². The van der Waals surface area contributed by atoms with Crippen LogP contribution in [0.5, 0.6) is 0 Å². The molecule has 0 radical (unpaired) electrons. The minimum absolute atomic E-state index is 0.248. The van der Waals surface area contributed by atoms with E-state index in [9.17, 15) is 14.7 Å². The van der Waals surface area contributed by atoms with Crippen LogP contribution < -0.4 is 4.90 Å². The van der Waals surface area contributed by atoms with E-state index in [1.54, 1.807) is 55.5 Å². The number of ketones is 1. The fourth-order valence-corrected chi connectivity index (χ4v) is 3.75. The molecule has 2 aromatic rings. The van der Waals surface area contributed by atoms with Gasteiger partial charge in [-0.1, -0.05) is 40.5 Å². The molecule has 1 heterocycles. The number of hydrogen-bond acceptors (Lipinski definition) is 3. The Morgan fingerprint density at radius 1 is 1.35 bits per heavy atom. The number of halogens is 2. The van der Waals surface area contributed by atoms with Gasteiger partial charge in [-0.05, 0) is 42.5 Å². The van der Waals surface area contributed by atoms with Crippen LogP contribution in [-0.4, -0.2) is 23.3 Å². The van der Waals surface area contributed by atoms with Gasteiger partial charge in [0.05, 0.1) is 11.6 Å². The van der Waals surface area contributed by atoms with E-state index in [1.165, 1.54) is 4.90 Å². The van der Waals surface area contributed by atoms with Crippen LogP contribution in [0.3, 0.4) is 0 Å². The zero-order chi connectivity index (χ0) is 19.1. The third-order valence-electron chi connectivity index (χ3n) is 4.69.